The van der Waals surface area contributed by atoms with E-state index < -0.39 is 18.1 Å². The van der Waals surface area contributed by atoms with Crippen LogP contribution in [0.15, 0.2) is 18.2 Å². The van der Waals surface area contributed by atoms with Gasteiger partial charge >= 0.3 is 6.36 Å². The monoisotopic (exact) mass is 381 g/mol. The van der Waals surface area contributed by atoms with Gasteiger partial charge in [0.05, 0.1) is 11.3 Å². The van der Waals surface area contributed by atoms with Crippen molar-refractivity contribution in [3.63, 3.8) is 0 Å². The number of aryl methyl sites for hydroxylation is 3. The van der Waals surface area contributed by atoms with Gasteiger partial charge < -0.3 is 9.64 Å². The number of rotatable bonds is 3. The normalized spacial score (nSPS) is 14.1. The predicted molar refractivity (Wildman–Crippen MR) is 90.8 cm³/mol. The number of fused-ring (bicyclic) bond motifs is 1. The first-order valence-electron chi connectivity index (χ1n) is 8.33. The first-order valence-corrected chi connectivity index (χ1v) is 8.33. The Morgan fingerprint density at radius 1 is 1.22 bits per heavy atom. The molecule has 1 aromatic heterocycles. The lowest BCUT2D eigenvalue weighted by atomic mass is 9.99. The van der Waals surface area contributed by atoms with Crippen molar-refractivity contribution in [3.05, 3.63) is 40.7 Å². The average Bonchev–Trinajstić information content (AvgIpc) is 2.83. The van der Waals surface area contributed by atoms with Crippen LogP contribution in [-0.2, 0) is 18.3 Å². The highest BCUT2D eigenvalue weighted by molar-refractivity contribution is 6.47. The standard InChI is InChI=1S/C18H18F3N3O3/c1-10-15(11(2)23(3)22-10)16(25)17(26)24-8-4-5-12-9-13(6-7-14(12)24)27-18(19,20)21/h6-7,9H,4-5,8H2,1-3H3. The molecule has 144 valence electrons. The Morgan fingerprint density at radius 3 is 2.52 bits per heavy atom. The minimum Gasteiger partial charge on any atom is -0.406 e. The lowest BCUT2D eigenvalue weighted by Crippen LogP contribution is -2.40. The van der Waals surface area contributed by atoms with E-state index in [9.17, 15) is 22.8 Å². The van der Waals surface area contributed by atoms with E-state index in [1.54, 1.807) is 20.9 Å². The van der Waals surface area contributed by atoms with Gasteiger partial charge in [-0.05, 0) is 50.5 Å². The van der Waals surface area contributed by atoms with Crippen LogP contribution in [0.4, 0.5) is 18.9 Å². The Morgan fingerprint density at radius 2 is 1.93 bits per heavy atom. The van der Waals surface area contributed by atoms with Crippen molar-refractivity contribution in [1.82, 2.24) is 9.78 Å². The number of carbonyl (C=O) groups excluding carboxylic acids is 2. The Kier molecular flexibility index (Phi) is 4.71. The van der Waals surface area contributed by atoms with Gasteiger partial charge in [-0.1, -0.05) is 0 Å². The van der Waals surface area contributed by atoms with E-state index in [4.69, 9.17) is 0 Å². The third-order valence-electron chi connectivity index (χ3n) is 4.58. The Balaban J connectivity index is 1.91. The maximum Gasteiger partial charge on any atom is 0.573 e. The number of alkyl halides is 3. The fourth-order valence-corrected chi connectivity index (χ4v) is 3.31. The molecule has 1 aliphatic heterocycles. The summed E-state index contributed by atoms with van der Waals surface area (Å²) in [5.74, 6) is -1.75. The Bertz CT molecular complexity index is 919. The van der Waals surface area contributed by atoms with E-state index in [1.165, 1.54) is 21.7 Å². The highest BCUT2D eigenvalue weighted by Crippen LogP contribution is 2.33. The molecule has 27 heavy (non-hydrogen) atoms. The number of ketones is 1. The molecule has 0 bridgehead atoms. The molecule has 2 heterocycles. The number of hydrogen-bond acceptors (Lipinski definition) is 4. The number of nitrogens with zero attached hydrogens (tertiary/aromatic N) is 3. The van der Waals surface area contributed by atoms with E-state index in [0.29, 0.717) is 42.0 Å². The van der Waals surface area contributed by atoms with Crippen LogP contribution in [0.1, 0.15) is 33.7 Å². The minimum atomic E-state index is -4.79. The van der Waals surface area contributed by atoms with Gasteiger partial charge in [-0.15, -0.1) is 13.2 Å². The van der Waals surface area contributed by atoms with Crippen LogP contribution in [0.2, 0.25) is 0 Å². The van der Waals surface area contributed by atoms with Gasteiger partial charge in [0.2, 0.25) is 0 Å². The number of amides is 1. The van der Waals surface area contributed by atoms with Crippen molar-refractivity contribution >= 4 is 17.4 Å². The molecular weight excluding hydrogens is 363 g/mol. The van der Waals surface area contributed by atoms with E-state index >= 15 is 0 Å². The third-order valence-corrected chi connectivity index (χ3v) is 4.58. The predicted octanol–water partition coefficient (Wildman–Crippen LogP) is 3.10. The fourth-order valence-electron chi connectivity index (χ4n) is 3.31. The molecule has 0 saturated carbocycles. The van der Waals surface area contributed by atoms with Gasteiger partial charge in [-0.25, -0.2) is 0 Å². The molecule has 0 aliphatic carbocycles. The van der Waals surface area contributed by atoms with E-state index in [1.807, 2.05) is 0 Å². The first kappa shape index (κ1) is 18.9. The van der Waals surface area contributed by atoms with Gasteiger partial charge in [0.15, 0.2) is 0 Å². The molecule has 0 N–H and O–H groups in total. The van der Waals surface area contributed by atoms with Crippen molar-refractivity contribution in [2.75, 3.05) is 11.4 Å². The lowest BCUT2D eigenvalue weighted by Gasteiger charge is -2.29. The number of aromatic nitrogens is 2. The Hall–Kier alpha value is -2.84. The van der Waals surface area contributed by atoms with Crippen molar-refractivity contribution in [3.8, 4) is 5.75 Å². The first-order chi connectivity index (χ1) is 12.6. The second kappa shape index (κ2) is 6.71. The fraction of sp³-hybridized carbons (Fsp3) is 0.389. The van der Waals surface area contributed by atoms with Crippen LogP contribution in [-0.4, -0.2) is 34.4 Å². The maximum atomic E-state index is 12.8. The highest BCUT2D eigenvalue weighted by atomic mass is 19.4. The molecule has 0 spiro atoms. The minimum absolute atomic E-state index is 0.256. The van der Waals surface area contributed by atoms with Crippen LogP contribution in [0, 0.1) is 13.8 Å². The third kappa shape index (κ3) is 3.67. The molecule has 6 nitrogen and oxygen atoms in total. The van der Waals surface area contributed by atoms with E-state index in [-0.39, 0.29) is 11.3 Å². The molecule has 0 unspecified atom stereocenters. The maximum absolute atomic E-state index is 12.8. The topological polar surface area (TPSA) is 64.4 Å². The molecule has 0 fully saturated rings. The van der Waals surface area contributed by atoms with Crippen LogP contribution in [0.25, 0.3) is 0 Å². The number of carbonyl (C=O) groups is 2. The second-order valence-corrected chi connectivity index (χ2v) is 6.40. The lowest BCUT2D eigenvalue weighted by molar-refractivity contribution is -0.274. The van der Waals surface area contributed by atoms with Gasteiger partial charge in [0, 0.05) is 25.0 Å². The number of halogens is 3. The van der Waals surface area contributed by atoms with Crippen molar-refractivity contribution in [2.45, 2.75) is 33.1 Å². The zero-order valence-electron chi connectivity index (χ0n) is 15.1. The molecule has 2 aromatic rings. The summed E-state index contributed by atoms with van der Waals surface area (Å²) in [5.41, 5.74) is 2.25. The van der Waals surface area contributed by atoms with E-state index in [2.05, 4.69) is 9.84 Å². The molecule has 0 radical (unpaired) electrons. The smallest absolute Gasteiger partial charge is 0.406 e. The quantitative estimate of drug-likeness (QED) is 0.605. The van der Waals surface area contributed by atoms with Gasteiger partial charge in [0.25, 0.3) is 11.7 Å². The molecule has 0 saturated heterocycles. The van der Waals surface area contributed by atoms with Crippen molar-refractivity contribution in [1.29, 1.82) is 0 Å². The van der Waals surface area contributed by atoms with Crippen molar-refractivity contribution in [2.24, 2.45) is 7.05 Å². The summed E-state index contributed by atoms with van der Waals surface area (Å²) < 4.78 is 42.7. The average molecular weight is 381 g/mol. The molecule has 1 aliphatic rings. The number of Topliss-reactive ketones (excluding diaryl/α,β-unsaturated/α-hetero) is 1. The zero-order chi connectivity index (χ0) is 19.9. The second-order valence-electron chi connectivity index (χ2n) is 6.40. The zero-order valence-corrected chi connectivity index (χ0v) is 15.1. The van der Waals surface area contributed by atoms with Crippen LogP contribution >= 0.6 is 0 Å². The van der Waals surface area contributed by atoms with Gasteiger partial charge in [0.1, 0.15) is 5.75 Å². The van der Waals surface area contributed by atoms with Crippen LogP contribution < -0.4 is 9.64 Å². The number of ether oxygens (including phenoxy) is 1. The molecule has 1 amide bonds. The molecule has 3 rings (SSSR count). The SMILES string of the molecule is Cc1nn(C)c(C)c1C(=O)C(=O)N1CCCc2cc(OC(F)(F)F)ccc21. The number of benzene rings is 1. The highest BCUT2D eigenvalue weighted by Gasteiger charge is 2.34. The largest absolute Gasteiger partial charge is 0.573 e. The molecule has 1 aromatic carbocycles. The summed E-state index contributed by atoms with van der Waals surface area (Å²) in [7, 11) is 1.68. The summed E-state index contributed by atoms with van der Waals surface area (Å²) in [5, 5.41) is 4.15. The summed E-state index contributed by atoms with van der Waals surface area (Å²) in [6.07, 6.45) is -3.76. The van der Waals surface area contributed by atoms with Gasteiger partial charge in [-0.2, -0.15) is 5.10 Å². The summed E-state index contributed by atoms with van der Waals surface area (Å²) in [4.78, 5) is 26.9. The molecule has 0 atom stereocenters. The molecule has 9 heteroatoms. The number of hydrogen-bond donors (Lipinski definition) is 0. The van der Waals surface area contributed by atoms with Crippen LogP contribution in [0.3, 0.4) is 0 Å². The summed E-state index contributed by atoms with van der Waals surface area (Å²) >= 11 is 0. The van der Waals surface area contributed by atoms with Gasteiger partial charge in [-0.3, -0.25) is 14.3 Å². The summed E-state index contributed by atoms with van der Waals surface area (Å²) in [6.45, 7) is 3.67. The molecular formula is C18H18F3N3O3. The number of anilines is 1. The Labute approximate surface area is 153 Å². The van der Waals surface area contributed by atoms with Crippen LogP contribution in [0.5, 0.6) is 5.75 Å². The van der Waals surface area contributed by atoms with E-state index in [0.717, 1.165) is 6.07 Å². The van der Waals surface area contributed by atoms with Crippen molar-refractivity contribution < 1.29 is 27.5 Å². The summed E-state index contributed by atoms with van der Waals surface area (Å²) in [6, 6.07) is 3.78.